The van der Waals surface area contributed by atoms with Crippen molar-refractivity contribution in [1.29, 1.82) is 0 Å². The first-order valence-corrected chi connectivity index (χ1v) is 7.74. The van der Waals surface area contributed by atoms with Crippen LogP contribution in [0.2, 0.25) is 0 Å². The third kappa shape index (κ3) is 5.14. The summed E-state index contributed by atoms with van der Waals surface area (Å²) in [6.07, 6.45) is 8.70. The van der Waals surface area contributed by atoms with Crippen LogP contribution in [0.1, 0.15) is 52.4 Å². The molecule has 0 heterocycles. The molecule has 19 heavy (non-hydrogen) atoms. The lowest BCUT2D eigenvalue weighted by Crippen LogP contribution is -2.13. The molecule has 0 spiro atoms. The summed E-state index contributed by atoms with van der Waals surface area (Å²) in [5, 5.41) is 3.57. The molecule has 1 fully saturated rings. The molecule has 1 aliphatic rings. The monoisotopic (exact) mass is 261 g/mol. The van der Waals surface area contributed by atoms with Gasteiger partial charge < -0.3 is 10.1 Å². The van der Waals surface area contributed by atoms with Crippen molar-refractivity contribution < 1.29 is 4.74 Å². The summed E-state index contributed by atoms with van der Waals surface area (Å²) >= 11 is 0. The van der Waals surface area contributed by atoms with Crippen LogP contribution >= 0.6 is 0 Å². The van der Waals surface area contributed by atoms with E-state index < -0.39 is 0 Å². The molecule has 0 bridgehead atoms. The Balaban J connectivity index is 1.78. The minimum absolute atomic E-state index is 0.241. The van der Waals surface area contributed by atoms with Crippen LogP contribution in [0.15, 0.2) is 24.3 Å². The number of anilines is 1. The molecule has 0 atom stereocenters. The van der Waals surface area contributed by atoms with Crippen LogP contribution in [-0.4, -0.2) is 12.6 Å². The SMILES string of the molecule is CC(C)Oc1ccc(NCC2CCCCCC2)cc1. The molecule has 2 nitrogen and oxygen atoms in total. The molecule has 0 saturated heterocycles. The summed E-state index contributed by atoms with van der Waals surface area (Å²) in [4.78, 5) is 0. The first kappa shape index (κ1) is 14.2. The number of ether oxygens (including phenoxy) is 1. The highest BCUT2D eigenvalue weighted by Gasteiger charge is 2.11. The first-order valence-electron chi connectivity index (χ1n) is 7.74. The topological polar surface area (TPSA) is 21.3 Å². The van der Waals surface area contributed by atoms with Crippen LogP contribution in [-0.2, 0) is 0 Å². The van der Waals surface area contributed by atoms with Crippen LogP contribution in [0.5, 0.6) is 5.75 Å². The third-order valence-electron chi connectivity index (χ3n) is 3.80. The van der Waals surface area contributed by atoms with Gasteiger partial charge in [-0.25, -0.2) is 0 Å². The predicted octanol–water partition coefficient (Wildman–Crippen LogP) is 4.86. The Bertz CT molecular complexity index is 350. The van der Waals surface area contributed by atoms with E-state index in [-0.39, 0.29) is 6.10 Å². The summed E-state index contributed by atoms with van der Waals surface area (Å²) in [6, 6.07) is 8.34. The van der Waals surface area contributed by atoms with E-state index >= 15 is 0 Å². The molecule has 2 rings (SSSR count). The van der Waals surface area contributed by atoms with Crippen molar-refractivity contribution in [2.75, 3.05) is 11.9 Å². The average molecular weight is 261 g/mol. The van der Waals surface area contributed by atoms with Gasteiger partial charge in [0.2, 0.25) is 0 Å². The van der Waals surface area contributed by atoms with Gasteiger partial charge in [-0.3, -0.25) is 0 Å². The molecule has 0 aromatic heterocycles. The van der Waals surface area contributed by atoms with Gasteiger partial charge in [-0.1, -0.05) is 25.7 Å². The number of hydrogen-bond acceptors (Lipinski definition) is 2. The van der Waals surface area contributed by atoms with Gasteiger partial charge >= 0.3 is 0 Å². The van der Waals surface area contributed by atoms with Gasteiger partial charge in [-0.05, 0) is 56.9 Å². The fourth-order valence-electron chi connectivity index (χ4n) is 2.75. The molecular formula is C17H27NO. The van der Waals surface area contributed by atoms with Gasteiger partial charge in [0, 0.05) is 12.2 Å². The predicted molar refractivity (Wildman–Crippen MR) is 81.9 cm³/mol. The molecule has 1 aromatic rings. The standard InChI is InChI=1S/C17H27NO/c1-14(2)19-17-11-9-16(10-12-17)18-13-15-7-5-3-4-6-8-15/h9-12,14-15,18H,3-8,13H2,1-2H3. The van der Waals surface area contributed by atoms with Crippen LogP contribution in [0.3, 0.4) is 0 Å². The summed E-state index contributed by atoms with van der Waals surface area (Å²) in [7, 11) is 0. The molecule has 106 valence electrons. The summed E-state index contributed by atoms with van der Waals surface area (Å²) in [5.74, 6) is 1.81. The lowest BCUT2D eigenvalue weighted by atomic mass is 10.0. The van der Waals surface area contributed by atoms with Gasteiger partial charge in [0.1, 0.15) is 5.75 Å². The van der Waals surface area contributed by atoms with Crippen LogP contribution in [0.4, 0.5) is 5.69 Å². The van der Waals surface area contributed by atoms with E-state index in [0.717, 1.165) is 18.2 Å². The van der Waals surface area contributed by atoms with E-state index in [1.165, 1.54) is 44.2 Å². The van der Waals surface area contributed by atoms with Gasteiger partial charge in [-0.2, -0.15) is 0 Å². The highest BCUT2D eigenvalue weighted by atomic mass is 16.5. The Labute approximate surface area is 117 Å². The average Bonchev–Trinajstić information content (AvgIpc) is 2.66. The van der Waals surface area contributed by atoms with Crippen LogP contribution in [0.25, 0.3) is 0 Å². The van der Waals surface area contributed by atoms with Gasteiger partial charge in [0.15, 0.2) is 0 Å². The van der Waals surface area contributed by atoms with Gasteiger partial charge in [0.25, 0.3) is 0 Å². The van der Waals surface area contributed by atoms with E-state index in [1.807, 2.05) is 0 Å². The summed E-state index contributed by atoms with van der Waals surface area (Å²) < 4.78 is 5.65. The Morgan fingerprint density at radius 3 is 2.26 bits per heavy atom. The van der Waals surface area contributed by atoms with Crippen molar-refractivity contribution in [2.24, 2.45) is 5.92 Å². The third-order valence-corrected chi connectivity index (χ3v) is 3.80. The molecule has 2 heteroatoms. The first-order chi connectivity index (χ1) is 9.24. The smallest absolute Gasteiger partial charge is 0.119 e. The Kier molecular flexibility index (Phi) is 5.56. The summed E-state index contributed by atoms with van der Waals surface area (Å²) in [6.45, 7) is 5.22. The minimum Gasteiger partial charge on any atom is -0.491 e. The van der Waals surface area contributed by atoms with Crippen LogP contribution in [0, 0.1) is 5.92 Å². The number of rotatable bonds is 5. The highest BCUT2D eigenvalue weighted by Crippen LogP contribution is 2.24. The second-order valence-corrected chi connectivity index (χ2v) is 5.93. The van der Waals surface area contributed by atoms with Crippen molar-refractivity contribution in [3.05, 3.63) is 24.3 Å². The zero-order valence-electron chi connectivity index (χ0n) is 12.3. The van der Waals surface area contributed by atoms with Gasteiger partial charge in [0.05, 0.1) is 6.10 Å². The molecular weight excluding hydrogens is 234 g/mol. The quantitative estimate of drug-likeness (QED) is 0.764. The Morgan fingerprint density at radius 1 is 1.05 bits per heavy atom. The largest absolute Gasteiger partial charge is 0.491 e. The number of nitrogens with one attached hydrogen (secondary N) is 1. The van der Waals surface area contributed by atoms with E-state index in [2.05, 4.69) is 43.4 Å². The molecule has 0 unspecified atom stereocenters. The Hall–Kier alpha value is -1.18. The normalized spacial score (nSPS) is 17.2. The van der Waals surface area contributed by atoms with E-state index in [1.54, 1.807) is 0 Å². The maximum atomic E-state index is 5.65. The maximum Gasteiger partial charge on any atom is 0.119 e. The molecule has 0 amide bonds. The van der Waals surface area contributed by atoms with E-state index in [0.29, 0.717) is 0 Å². The van der Waals surface area contributed by atoms with Crippen molar-refractivity contribution >= 4 is 5.69 Å². The van der Waals surface area contributed by atoms with Crippen molar-refractivity contribution in [3.8, 4) is 5.75 Å². The molecule has 0 aliphatic heterocycles. The second kappa shape index (κ2) is 7.42. The maximum absolute atomic E-state index is 5.65. The zero-order chi connectivity index (χ0) is 13.5. The Morgan fingerprint density at radius 2 is 1.68 bits per heavy atom. The van der Waals surface area contributed by atoms with Crippen molar-refractivity contribution in [1.82, 2.24) is 0 Å². The van der Waals surface area contributed by atoms with E-state index in [9.17, 15) is 0 Å². The zero-order valence-corrected chi connectivity index (χ0v) is 12.3. The molecule has 1 N–H and O–H groups in total. The highest BCUT2D eigenvalue weighted by molar-refractivity contribution is 5.46. The lowest BCUT2D eigenvalue weighted by molar-refractivity contribution is 0.242. The molecule has 0 radical (unpaired) electrons. The van der Waals surface area contributed by atoms with Crippen molar-refractivity contribution in [2.45, 2.75) is 58.5 Å². The summed E-state index contributed by atoms with van der Waals surface area (Å²) in [5.41, 5.74) is 1.21. The molecule has 1 aliphatic carbocycles. The fourth-order valence-corrected chi connectivity index (χ4v) is 2.75. The molecule has 1 aromatic carbocycles. The minimum atomic E-state index is 0.241. The fraction of sp³-hybridized carbons (Fsp3) is 0.647. The van der Waals surface area contributed by atoms with E-state index in [4.69, 9.17) is 4.74 Å². The lowest BCUT2D eigenvalue weighted by Gasteiger charge is -2.16. The van der Waals surface area contributed by atoms with Crippen LogP contribution < -0.4 is 10.1 Å². The number of benzene rings is 1. The molecule has 1 saturated carbocycles. The van der Waals surface area contributed by atoms with Gasteiger partial charge in [-0.15, -0.1) is 0 Å². The number of hydrogen-bond donors (Lipinski definition) is 1. The second-order valence-electron chi connectivity index (χ2n) is 5.93. The van der Waals surface area contributed by atoms with Crippen molar-refractivity contribution in [3.63, 3.8) is 0 Å².